The highest BCUT2D eigenvalue weighted by atomic mass is 16.2. The first-order valence-corrected chi connectivity index (χ1v) is 12.2. The van der Waals surface area contributed by atoms with Gasteiger partial charge in [0, 0.05) is 36.7 Å². The Balaban J connectivity index is 1.75. The van der Waals surface area contributed by atoms with Gasteiger partial charge in [-0.1, -0.05) is 65.0 Å². The lowest BCUT2D eigenvalue weighted by Gasteiger charge is -2.40. The minimum absolute atomic E-state index is 0.0223. The normalized spacial score (nSPS) is 22.7. The number of carbonyl (C=O) groups excluding carboxylic acids is 2. The fourth-order valence-electron chi connectivity index (χ4n) is 5.10. The molecule has 5 heteroatoms. The molecule has 0 radical (unpaired) electrons. The van der Waals surface area contributed by atoms with Crippen molar-refractivity contribution in [1.29, 1.82) is 0 Å². The van der Waals surface area contributed by atoms with E-state index < -0.39 is 0 Å². The Morgan fingerprint density at radius 1 is 1.03 bits per heavy atom. The van der Waals surface area contributed by atoms with Crippen molar-refractivity contribution in [2.24, 2.45) is 17.1 Å². The van der Waals surface area contributed by atoms with Gasteiger partial charge in [-0.3, -0.25) is 9.59 Å². The second-order valence-corrected chi connectivity index (χ2v) is 10.8. The Hall–Kier alpha value is -1.88. The van der Waals surface area contributed by atoms with Crippen LogP contribution in [0.5, 0.6) is 0 Å². The second-order valence-electron chi connectivity index (χ2n) is 10.8. The van der Waals surface area contributed by atoms with Crippen molar-refractivity contribution in [1.82, 2.24) is 4.90 Å². The molecule has 0 spiro atoms. The number of nitrogens with one attached hydrogen (secondary N) is 1. The number of nitrogens with zero attached hydrogens (tertiary/aromatic N) is 1. The van der Waals surface area contributed by atoms with E-state index in [9.17, 15) is 9.59 Å². The highest BCUT2D eigenvalue weighted by Gasteiger charge is 2.34. The summed E-state index contributed by atoms with van der Waals surface area (Å²) >= 11 is 0. The lowest BCUT2D eigenvalue weighted by atomic mass is 9.85. The highest BCUT2D eigenvalue weighted by Crippen LogP contribution is 2.30. The molecule has 0 saturated heterocycles. The monoisotopic (exact) mass is 427 g/mol. The zero-order valence-electron chi connectivity index (χ0n) is 19.7. The fraction of sp³-hybridized carbons (Fsp3) is 0.692. The minimum Gasteiger partial charge on any atom is -0.334 e. The van der Waals surface area contributed by atoms with Crippen molar-refractivity contribution < 1.29 is 9.59 Å². The third-order valence-corrected chi connectivity index (χ3v) is 6.67. The van der Waals surface area contributed by atoms with E-state index in [1.807, 2.05) is 18.2 Å². The smallest absolute Gasteiger partial charge is 0.226 e. The van der Waals surface area contributed by atoms with Crippen molar-refractivity contribution in [2.45, 2.75) is 104 Å². The van der Waals surface area contributed by atoms with E-state index in [0.717, 1.165) is 62.6 Å². The van der Waals surface area contributed by atoms with Crippen LogP contribution in [0.4, 0.5) is 5.69 Å². The molecule has 2 unspecified atom stereocenters. The Bertz CT molecular complexity index is 749. The Labute approximate surface area is 188 Å². The third-order valence-electron chi connectivity index (χ3n) is 6.67. The fourth-order valence-corrected chi connectivity index (χ4v) is 5.10. The molecule has 0 aromatic heterocycles. The highest BCUT2D eigenvalue weighted by molar-refractivity contribution is 5.91. The number of carbonyl (C=O) groups is 2. The van der Waals surface area contributed by atoms with Crippen molar-refractivity contribution in [3.8, 4) is 0 Å². The summed E-state index contributed by atoms with van der Waals surface area (Å²) < 4.78 is 0. The van der Waals surface area contributed by atoms with Crippen LogP contribution in [0.3, 0.4) is 0 Å². The molecule has 1 aromatic carbocycles. The zero-order valence-corrected chi connectivity index (χ0v) is 19.7. The molecule has 2 aliphatic carbocycles. The Morgan fingerprint density at radius 3 is 2.39 bits per heavy atom. The van der Waals surface area contributed by atoms with Crippen LogP contribution in [-0.4, -0.2) is 28.8 Å². The van der Waals surface area contributed by atoms with Gasteiger partial charge in [0.05, 0.1) is 0 Å². The average Bonchev–Trinajstić information content (AvgIpc) is 2.72. The standard InChI is InChI=1S/C26H41N3O2/c1-26(2,3)17-24(30)28-21-13-9-10-19(16-21)18-29(23-15-8-7-14-22(23)27)25(31)20-11-5-4-6-12-20/h9-10,13,16,20,22-23H,4-8,11-12,14-15,17-18,27H2,1-3H3,(H,28,30). The predicted molar refractivity (Wildman–Crippen MR) is 127 cm³/mol. The molecule has 2 saturated carbocycles. The van der Waals surface area contributed by atoms with E-state index in [1.165, 1.54) is 6.42 Å². The lowest BCUT2D eigenvalue weighted by Crippen LogP contribution is -2.53. The van der Waals surface area contributed by atoms with E-state index in [2.05, 4.69) is 37.1 Å². The van der Waals surface area contributed by atoms with E-state index in [-0.39, 0.29) is 35.2 Å². The van der Waals surface area contributed by atoms with Gasteiger partial charge in [-0.05, 0) is 48.8 Å². The predicted octanol–water partition coefficient (Wildman–Crippen LogP) is 5.24. The molecule has 31 heavy (non-hydrogen) atoms. The number of hydrogen-bond acceptors (Lipinski definition) is 3. The summed E-state index contributed by atoms with van der Waals surface area (Å²) in [6, 6.07) is 8.11. The molecule has 3 N–H and O–H groups in total. The van der Waals surface area contributed by atoms with E-state index in [4.69, 9.17) is 5.73 Å². The molecular weight excluding hydrogens is 386 g/mol. The van der Waals surface area contributed by atoms with Crippen molar-refractivity contribution in [3.63, 3.8) is 0 Å². The topological polar surface area (TPSA) is 75.4 Å². The molecule has 0 bridgehead atoms. The van der Waals surface area contributed by atoms with Crippen LogP contribution >= 0.6 is 0 Å². The molecule has 172 valence electrons. The lowest BCUT2D eigenvalue weighted by molar-refractivity contribution is -0.141. The van der Waals surface area contributed by atoms with Crippen LogP contribution in [0.25, 0.3) is 0 Å². The molecule has 2 amide bonds. The average molecular weight is 428 g/mol. The van der Waals surface area contributed by atoms with Gasteiger partial charge in [-0.2, -0.15) is 0 Å². The van der Waals surface area contributed by atoms with Crippen LogP contribution in [-0.2, 0) is 16.1 Å². The molecule has 2 aliphatic rings. The van der Waals surface area contributed by atoms with Gasteiger partial charge >= 0.3 is 0 Å². The Kier molecular flexibility index (Phi) is 8.15. The van der Waals surface area contributed by atoms with Gasteiger partial charge in [0.15, 0.2) is 0 Å². The Morgan fingerprint density at radius 2 is 1.71 bits per heavy atom. The van der Waals surface area contributed by atoms with Crippen LogP contribution in [0.1, 0.15) is 90.5 Å². The van der Waals surface area contributed by atoms with Crippen LogP contribution in [0.15, 0.2) is 24.3 Å². The van der Waals surface area contributed by atoms with Crippen molar-refractivity contribution in [2.75, 3.05) is 5.32 Å². The first kappa shape index (κ1) is 23.8. The van der Waals surface area contributed by atoms with Crippen LogP contribution < -0.4 is 11.1 Å². The van der Waals surface area contributed by atoms with Crippen LogP contribution in [0, 0.1) is 11.3 Å². The summed E-state index contributed by atoms with van der Waals surface area (Å²) in [6.07, 6.45) is 10.3. The maximum atomic E-state index is 13.6. The van der Waals surface area contributed by atoms with Gasteiger partial charge in [-0.15, -0.1) is 0 Å². The molecule has 0 aliphatic heterocycles. The van der Waals surface area contributed by atoms with E-state index >= 15 is 0 Å². The molecular formula is C26H41N3O2. The summed E-state index contributed by atoms with van der Waals surface area (Å²) in [5.74, 6) is 0.441. The first-order chi connectivity index (χ1) is 14.7. The summed E-state index contributed by atoms with van der Waals surface area (Å²) in [4.78, 5) is 28.0. The molecule has 5 nitrogen and oxygen atoms in total. The summed E-state index contributed by atoms with van der Waals surface area (Å²) in [6.45, 7) is 6.75. The molecule has 2 fully saturated rings. The molecule has 0 heterocycles. The minimum atomic E-state index is -0.0535. The zero-order chi connectivity index (χ0) is 22.4. The number of benzene rings is 1. The van der Waals surface area contributed by atoms with Gasteiger partial charge in [0.25, 0.3) is 0 Å². The number of hydrogen-bond donors (Lipinski definition) is 2. The molecule has 1 aromatic rings. The quantitative estimate of drug-likeness (QED) is 0.652. The van der Waals surface area contributed by atoms with Crippen molar-refractivity contribution in [3.05, 3.63) is 29.8 Å². The summed E-state index contributed by atoms with van der Waals surface area (Å²) in [7, 11) is 0. The van der Waals surface area contributed by atoms with E-state index in [0.29, 0.717) is 13.0 Å². The molecule has 3 rings (SSSR count). The van der Waals surface area contributed by atoms with Gasteiger partial charge in [0.2, 0.25) is 11.8 Å². The maximum absolute atomic E-state index is 13.6. The number of nitrogens with two attached hydrogens (primary N) is 1. The largest absolute Gasteiger partial charge is 0.334 e. The molecule has 2 atom stereocenters. The van der Waals surface area contributed by atoms with E-state index in [1.54, 1.807) is 0 Å². The summed E-state index contributed by atoms with van der Waals surface area (Å²) in [5, 5.41) is 3.03. The van der Waals surface area contributed by atoms with Gasteiger partial charge < -0.3 is 16.0 Å². The summed E-state index contributed by atoms with van der Waals surface area (Å²) in [5.41, 5.74) is 8.30. The maximum Gasteiger partial charge on any atom is 0.226 e. The first-order valence-electron chi connectivity index (χ1n) is 12.2. The number of amides is 2. The van der Waals surface area contributed by atoms with Gasteiger partial charge in [0.1, 0.15) is 0 Å². The van der Waals surface area contributed by atoms with Crippen LogP contribution in [0.2, 0.25) is 0 Å². The van der Waals surface area contributed by atoms with Crippen molar-refractivity contribution >= 4 is 17.5 Å². The second kappa shape index (κ2) is 10.6. The SMILES string of the molecule is CC(C)(C)CC(=O)Nc1cccc(CN(C(=O)C2CCCCC2)C2CCCCC2N)c1. The number of anilines is 1. The number of rotatable bonds is 6. The van der Waals surface area contributed by atoms with Gasteiger partial charge in [-0.25, -0.2) is 0 Å². The third kappa shape index (κ3) is 7.06.